The van der Waals surface area contributed by atoms with Gasteiger partial charge in [-0.15, -0.1) is 0 Å². The summed E-state index contributed by atoms with van der Waals surface area (Å²) >= 11 is 0. The highest BCUT2D eigenvalue weighted by Gasteiger charge is 2.44. The molecular formula is C17H18F6NO3. The maximum Gasteiger partial charge on any atom is 0.417 e. The predicted octanol–water partition coefficient (Wildman–Crippen LogP) is 3.13. The van der Waals surface area contributed by atoms with E-state index in [0.29, 0.717) is 18.2 Å². The maximum atomic E-state index is 13.2. The minimum absolute atomic E-state index is 0.212. The van der Waals surface area contributed by atoms with Crippen LogP contribution in [-0.4, -0.2) is 46.3 Å². The number of aliphatic hydroxyl groups is 2. The van der Waals surface area contributed by atoms with Crippen molar-refractivity contribution in [2.24, 2.45) is 0 Å². The van der Waals surface area contributed by atoms with E-state index in [2.05, 4.69) is 0 Å². The van der Waals surface area contributed by atoms with Gasteiger partial charge in [-0.3, -0.25) is 4.79 Å². The fourth-order valence-corrected chi connectivity index (χ4v) is 2.34. The molecule has 1 rings (SSSR count). The Labute approximate surface area is 151 Å². The van der Waals surface area contributed by atoms with Crippen molar-refractivity contribution in [3.05, 3.63) is 41.0 Å². The highest BCUT2D eigenvalue weighted by Crippen LogP contribution is 2.42. The van der Waals surface area contributed by atoms with E-state index in [1.807, 2.05) is 0 Å². The van der Waals surface area contributed by atoms with Crippen LogP contribution in [0.25, 0.3) is 6.08 Å². The molecule has 1 radical (unpaired) electrons. The van der Waals surface area contributed by atoms with Crippen LogP contribution in [0.1, 0.15) is 30.5 Å². The van der Waals surface area contributed by atoms with Crippen molar-refractivity contribution >= 4 is 12.0 Å². The average molecular weight is 398 g/mol. The van der Waals surface area contributed by atoms with Gasteiger partial charge in [0, 0.05) is 19.2 Å². The van der Waals surface area contributed by atoms with E-state index in [0.717, 1.165) is 11.0 Å². The van der Waals surface area contributed by atoms with Crippen molar-refractivity contribution in [1.29, 1.82) is 0 Å². The van der Waals surface area contributed by atoms with Crippen LogP contribution >= 0.6 is 0 Å². The molecule has 0 spiro atoms. The molecule has 4 nitrogen and oxygen atoms in total. The monoisotopic (exact) mass is 398 g/mol. The molecule has 0 aromatic heterocycles. The van der Waals surface area contributed by atoms with Gasteiger partial charge < -0.3 is 15.1 Å². The lowest BCUT2D eigenvalue weighted by atomic mass is 9.99. The summed E-state index contributed by atoms with van der Waals surface area (Å²) < 4.78 is 78.1. The van der Waals surface area contributed by atoms with Crippen LogP contribution in [0.5, 0.6) is 0 Å². The van der Waals surface area contributed by atoms with Crippen molar-refractivity contribution in [3.8, 4) is 0 Å². The average Bonchev–Trinajstić information content (AvgIpc) is 2.48. The first kappa shape index (κ1) is 23.0. The Morgan fingerprint density at radius 1 is 1.11 bits per heavy atom. The molecule has 0 saturated carbocycles. The van der Waals surface area contributed by atoms with Crippen molar-refractivity contribution in [1.82, 2.24) is 4.90 Å². The summed E-state index contributed by atoms with van der Waals surface area (Å²) in [6.45, 7) is 2.29. The Morgan fingerprint density at radius 2 is 1.63 bits per heavy atom. The van der Waals surface area contributed by atoms with Crippen LogP contribution in [0.4, 0.5) is 26.3 Å². The molecule has 151 valence electrons. The van der Waals surface area contributed by atoms with Gasteiger partial charge in [-0.25, -0.2) is 0 Å². The third-order valence-electron chi connectivity index (χ3n) is 3.28. The molecule has 2 unspecified atom stereocenters. The van der Waals surface area contributed by atoms with Gasteiger partial charge >= 0.3 is 12.4 Å². The molecule has 1 aromatic rings. The summed E-state index contributed by atoms with van der Waals surface area (Å²) in [7, 11) is 0. The van der Waals surface area contributed by atoms with Gasteiger partial charge in [0.05, 0.1) is 23.3 Å². The van der Waals surface area contributed by atoms with Gasteiger partial charge in [-0.1, -0.05) is 12.1 Å². The standard InChI is InChI=1S/C17H18F6NO3/c1-10(25)8-24(9-11(2)26)14(27)7-6-12-4-3-5-13(16(18,19)20)15(12)17(21,22)23/h3-4,6-7,10-11,25-26H,8-9H2,1-2H3/b7-6+. The van der Waals surface area contributed by atoms with E-state index in [-0.39, 0.29) is 13.1 Å². The van der Waals surface area contributed by atoms with Gasteiger partial charge in [-0.05, 0) is 31.6 Å². The van der Waals surface area contributed by atoms with Crippen LogP contribution in [0.15, 0.2) is 18.2 Å². The van der Waals surface area contributed by atoms with E-state index >= 15 is 0 Å². The lowest BCUT2D eigenvalue weighted by molar-refractivity contribution is -0.162. The molecule has 0 aliphatic carbocycles. The molecule has 2 atom stereocenters. The summed E-state index contributed by atoms with van der Waals surface area (Å²) in [4.78, 5) is 13.1. The van der Waals surface area contributed by atoms with Gasteiger partial charge in [0.15, 0.2) is 0 Å². The molecule has 0 heterocycles. The zero-order chi connectivity index (χ0) is 21.0. The number of carbonyl (C=O) groups excluding carboxylic acids is 1. The zero-order valence-electron chi connectivity index (χ0n) is 14.4. The molecule has 0 fully saturated rings. The first-order valence-electron chi connectivity index (χ1n) is 7.75. The van der Waals surface area contributed by atoms with Crippen LogP contribution in [-0.2, 0) is 17.1 Å². The minimum atomic E-state index is -5.32. The third-order valence-corrected chi connectivity index (χ3v) is 3.28. The lowest BCUT2D eigenvalue weighted by Crippen LogP contribution is -2.39. The first-order chi connectivity index (χ1) is 12.2. The Hall–Kier alpha value is -2.07. The fourth-order valence-electron chi connectivity index (χ4n) is 2.34. The molecule has 1 aromatic carbocycles. The van der Waals surface area contributed by atoms with E-state index in [1.165, 1.54) is 13.8 Å². The summed E-state index contributed by atoms with van der Waals surface area (Å²) in [5, 5.41) is 18.7. The summed E-state index contributed by atoms with van der Waals surface area (Å²) in [6.07, 6.45) is -11.3. The quantitative estimate of drug-likeness (QED) is 0.572. The van der Waals surface area contributed by atoms with E-state index in [1.54, 1.807) is 6.07 Å². The number of rotatable bonds is 6. The molecule has 1 amide bonds. The summed E-state index contributed by atoms with van der Waals surface area (Å²) in [5.41, 5.74) is -4.77. The molecule has 0 aliphatic heterocycles. The van der Waals surface area contributed by atoms with E-state index in [4.69, 9.17) is 0 Å². The Balaban J connectivity index is 3.28. The molecule has 10 heteroatoms. The van der Waals surface area contributed by atoms with Crippen LogP contribution in [0, 0.1) is 6.07 Å². The first-order valence-corrected chi connectivity index (χ1v) is 7.75. The Morgan fingerprint density at radius 3 is 2.04 bits per heavy atom. The number of nitrogens with zero attached hydrogens (tertiary/aromatic N) is 1. The van der Waals surface area contributed by atoms with Crippen molar-refractivity contribution < 1.29 is 41.4 Å². The highest BCUT2D eigenvalue weighted by molar-refractivity contribution is 5.92. The van der Waals surface area contributed by atoms with Crippen LogP contribution < -0.4 is 0 Å². The number of halogens is 6. The number of hydrogen-bond acceptors (Lipinski definition) is 3. The van der Waals surface area contributed by atoms with E-state index in [9.17, 15) is 41.4 Å². The molecule has 27 heavy (non-hydrogen) atoms. The highest BCUT2D eigenvalue weighted by atomic mass is 19.4. The third kappa shape index (κ3) is 6.87. The smallest absolute Gasteiger partial charge is 0.392 e. The Kier molecular flexibility index (Phi) is 7.44. The second kappa shape index (κ2) is 8.75. The lowest BCUT2D eigenvalue weighted by Gasteiger charge is -2.24. The van der Waals surface area contributed by atoms with Gasteiger partial charge in [0.25, 0.3) is 0 Å². The normalized spacial score (nSPS) is 15.0. The van der Waals surface area contributed by atoms with Gasteiger partial charge in [0.2, 0.25) is 5.91 Å². The fraction of sp³-hybridized carbons (Fsp3) is 0.471. The SMILES string of the molecule is CC(O)CN(CC(C)O)C(=O)/C=C/c1cc[c]c(C(F)(F)F)c1C(F)(F)F. The topological polar surface area (TPSA) is 60.8 Å². The number of aliphatic hydroxyl groups excluding tert-OH is 2. The summed E-state index contributed by atoms with van der Waals surface area (Å²) in [6, 6.07) is 2.99. The molecular weight excluding hydrogens is 380 g/mol. The van der Waals surface area contributed by atoms with Gasteiger partial charge in [0.1, 0.15) is 0 Å². The van der Waals surface area contributed by atoms with Crippen molar-refractivity contribution in [3.63, 3.8) is 0 Å². The summed E-state index contributed by atoms with van der Waals surface area (Å²) in [5.74, 6) is -0.869. The van der Waals surface area contributed by atoms with Gasteiger partial charge in [-0.2, -0.15) is 26.3 Å². The second-order valence-corrected chi connectivity index (χ2v) is 5.95. The zero-order valence-corrected chi connectivity index (χ0v) is 14.4. The van der Waals surface area contributed by atoms with Crippen LogP contribution in [0.3, 0.4) is 0 Å². The Bertz CT molecular complexity index is 670. The number of benzene rings is 1. The van der Waals surface area contributed by atoms with Crippen LogP contribution in [0.2, 0.25) is 0 Å². The number of hydrogen-bond donors (Lipinski definition) is 2. The van der Waals surface area contributed by atoms with E-state index < -0.39 is 47.2 Å². The largest absolute Gasteiger partial charge is 0.417 e. The molecule has 0 aliphatic rings. The molecule has 0 bridgehead atoms. The maximum absolute atomic E-state index is 13.2. The number of amides is 1. The van der Waals surface area contributed by atoms with Crippen molar-refractivity contribution in [2.45, 2.75) is 38.4 Å². The number of carbonyl (C=O) groups is 1. The van der Waals surface area contributed by atoms with Crippen molar-refractivity contribution in [2.75, 3.05) is 13.1 Å². The minimum Gasteiger partial charge on any atom is -0.392 e. The second-order valence-electron chi connectivity index (χ2n) is 5.95. The number of alkyl halides is 6. The molecule has 0 saturated heterocycles. The molecule has 2 N–H and O–H groups in total. The predicted molar refractivity (Wildman–Crippen MR) is 84.3 cm³/mol.